The highest BCUT2D eigenvalue weighted by Gasteiger charge is 2.29. The van der Waals surface area contributed by atoms with Gasteiger partial charge in [0, 0.05) is 31.2 Å². The number of methoxy groups -OCH3 is 1. The smallest absolute Gasteiger partial charge is 0.227 e. The number of anilines is 1. The van der Waals surface area contributed by atoms with Gasteiger partial charge in [-0.1, -0.05) is 19.1 Å². The third-order valence-corrected chi connectivity index (χ3v) is 4.70. The van der Waals surface area contributed by atoms with Gasteiger partial charge in [-0.05, 0) is 49.8 Å². The summed E-state index contributed by atoms with van der Waals surface area (Å²) < 4.78 is 4.93. The summed E-state index contributed by atoms with van der Waals surface area (Å²) in [5.41, 5.74) is 2.10. The maximum atomic E-state index is 12.4. The van der Waals surface area contributed by atoms with Gasteiger partial charge in [-0.25, -0.2) is 0 Å². The van der Waals surface area contributed by atoms with Crippen molar-refractivity contribution >= 4 is 17.5 Å². The fourth-order valence-corrected chi connectivity index (χ4v) is 3.11. The Labute approximate surface area is 144 Å². The van der Waals surface area contributed by atoms with Crippen LogP contribution in [0.15, 0.2) is 24.3 Å². The van der Waals surface area contributed by atoms with Gasteiger partial charge in [0.05, 0.1) is 6.61 Å². The molecule has 0 saturated heterocycles. The van der Waals surface area contributed by atoms with Crippen molar-refractivity contribution in [2.75, 3.05) is 25.6 Å². The Bertz CT molecular complexity index is 534. The number of nitrogens with one attached hydrogen (secondary N) is 2. The van der Waals surface area contributed by atoms with Crippen LogP contribution < -0.4 is 10.6 Å². The van der Waals surface area contributed by atoms with E-state index in [2.05, 4.69) is 17.6 Å². The minimum atomic E-state index is -0.00104. The van der Waals surface area contributed by atoms with Gasteiger partial charge in [-0.2, -0.15) is 0 Å². The van der Waals surface area contributed by atoms with Gasteiger partial charge < -0.3 is 15.4 Å². The van der Waals surface area contributed by atoms with E-state index < -0.39 is 0 Å². The molecule has 0 aromatic heterocycles. The molecule has 1 aromatic rings. The number of amides is 2. The average molecular weight is 332 g/mol. The van der Waals surface area contributed by atoms with Crippen LogP contribution in [0.5, 0.6) is 0 Å². The van der Waals surface area contributed by atoms with E-state index in [1.807, 2.05) is 24.3 Å². The summed E-state index contributed by atoms with van der Waals surface area (Å²) in [5, 5.41) is 5.88. The summed E-state index contributed by atoms with van der Waals surface area (Å²) in [6.45, 7) is 3.18. The first-order valence-electron chi connectivity index (χ1n) is 8.80. The van der Waals surface area contributed by atoms with E-state index >= 15 is 0 Å². The molecule has 1 aliphatic carbocycles. The summed E-state index contributed by atoms with van der Waals surface area (Å²) >= 11 is 0. The highest BCUT2D eigenvalue weighted by atomic mass is 16.5. The van der Waals surface area contributed by atoms with Crippen LogP contribution in [0.4, 0.5) is 5.69 Å². The number of hydrogen-bond donors (Lipinski definition) is 2. The van der Waals surface area contributed by atoms with E-state index in [9.17, 15) is 9.59 Å². The van der Waals surface area contributed by atoms with Crippen molar-refractivity contribution in [3.63, 3.8) is 0 Å². The standard InChI is InChI=1S/C19H28N2O3/c1-3-14-4-10-17(11-5-14)21-19(23)16-8-6-15(7-9-16)18(22)20-12-13-24-2/h4-5,10-11,15-16H,3,6-9,12-13H2,1-2H3,(H,20,22)(H,21,23). The summed E-state index contributed by atoms with van der Waals surface area (Å²) in [6, 6.07) is 7.98. The van der Waals surface area contributed by atoms with Crippen LogP contribution in [-0.4, -0.2) is 32.1 Å². The second kappa shape index (κ2) is 9.42. The molecule has 0 unspecified atom stereocenters. The Kier molecular flexibility index (Phi) is 7.25. The third kappa shape index (κ3) is 5.34. The lowest BCUT2D eigenvalue weighted by atomic mass is 9.81. The topological polar surface area (TPSA) is 67.4 Å². The Morgan fingerprint density at radius 1 is 1.04 bits per heavy atom. The van der Waals surface area contributed by atoms with Crippen LogP contribution in [0, 0.1) is 11.8 Å². The van der Waals surface area contributed by atoms with Crippen LogP contribution in [0.2, 0.25) is 0 Å². The number of carbonyl (C=O) groups is 2. The van der Waals surface area contributed by atoms with Gasteiger partial charge in [0.2, 0.25) is 11.8 Å². The van der Waals surface area contributed by atoms with E-state index in [1.54, 1.807) is 7.11 Å². The third-order valence-electron chi connectivity index (χ3n) is 4.70. The SMILES string of the molecule is CCc1ccc(NC(=O)C2CCC(C(=O)NCCOC)CC2)cc1. The van der Waals surface area contributed by atoms with Gasteiger partial charge in [0.25, 0.3) is 0 Å². The summed E-state index contributed by atoms with van der Waals surface area (Å²) in [7, 11) is 1.62. The van der Waals surface area contributed by atoms with Gasteiger partial charge in [-0.15, -0.1) is 0 Å². The summed E-state index contributed by atoms with van der Waals surface area (Å²) in [6.07, 6.45) is 4.06. The Hall–Kier alpha value is -1.88. The number of carbonyl (C=O) groups excluding carboxylic acids is 2. The van der Waals surface area contributed by atoms with Crippen molar-refractivity contribution in [2.45, 2.75) is 39.0 Å². The molecule has 5 nitrogen and oxygen atoms in total. The Balaban J connectivity index is 1.76. The first kappa shape index (κ1) is 18.5. The number of aryl methyl sites for hydroxylation is 1. The molecule has 2 rings (SSSR count). The fourth-order valence-electron chi connectivity index (χ4n) is 3.11. The summed E-state index contributed by atoms with van der Waals surface area (Å²) in [4.78, 5) is 24.4. The molecule has 1 fully saturated rings. The maximum absolute atomic E-state index is 12.4. The number of benzene rings is 1. The minimum Gasteiger partial charge on any atom is -0.383 e. The molecule has 0 spiro atoms. The van der Waals surface area contributed by atoms with Crippen molar-refractivity contribution in [3.8, 4) is 0 Å². The monoisotopic (exact) mass is 332 g/mol. The van der Waals surface area contributed by atoms with Crippen LogP contribution >= 0.6 is 0 Å². The lowest BCUT2D eigenvalue weighted by Gasteiger charge is -2.27. The lowest BCUT2D eigenvalue weighted by molar-refractivity contribution is -0.128. The molecule has 2 amide bonds. The van der Waals surface area contributed by atoms with Crippen LogP contribution in [-0.2, 0) is 20.7 Å². The van der Waals surface area contributed by atoms with Crippen molar-refractivity contribution in [3.05, 3.63) is 29.8 Å². The molecule has 1 saturated carbocycles. The largest absolute Gasteiger partial charge is 0.383 e. The Morgan fingerprint density at radius 2 is 1.62 bits per heavy atom. The second-order valence-electron chi connectivity index (χ2n) is 6.37. The van der Waals surface area contributed by atoms with Gasteiger partial charge in [0.1, 0.15) is 0 Å². The minimum absolute atomic E-state index is 0.00104. The van der Waals surface area contributed by atoms with Crippen molar-refractivity contribution in [1.29, 1.82) is 0 Å². The molecule has 2 N–H and O–H groups in total. The average Bonchev–Trinajstić information content (AvgIpc) is 2.62. The van der Waals surface area contributed by atoms with Crippen LogP contribution in [0.3, 0.4) is 0 Å². The zero-order valence-corrected chi connectivity index (χ0v) is 14.6. The highest BCUT2D eigenvalue weighted by molar-refractivity contribution is 5.92. The van der Waals surface area contributed by atoms with E-state index in [0.29, 0.717) is 13.2 Å². The Morgan fingerprint density at radius 3 is 2.17 bits per heavy atom. The van der Waals surface area contributed by atoms with Gasteiger partial charge in [-0.3, -0.25) is 9.59 Å². The molecule has 0 aliphatic heterocycles. The molecule has 0 atom stereocenters. The summed E-state index contributed by atoms with van der Waals surface area (Å²) in [5.74, 6) is 0.173. The highest BCUT2D eigenvalue weighted by Crippen LogP contribution is 2.29. The van der Waals surface area contributed by atoms with E-state index in [0.717, 1.165) is 37.8 Å². The van der Waals surface area contributed by atoms with Crippen molar-refractivity contribution < 1.29 is 14.3 Å². The fraction of sp³-hybridized carbons (Fsp3) is 0.579. The molecular weight excluding hydrogens is 304 g/mol. The first-order valence-corrected chi connectivity index (χ1v) is 8.80. The molecule has 0 radical (unpaired) electrons. The molecule has 0 bridgehead atoms. The van der Waals surface area contributed by atoms with E-state index in [1.165, 1.54) is 5.56 Å². The molecule has 5 heteroatoms. The number of rotatable bonds is 7. The van der Waals surface area contributed by atoms with Gasteiger partial charge in [0.15, 0.2) is 0 Å². The molecule has 1 aromatic carbocycles. The molecule has 132 valence electrons. The van der Waals surface area contributed by atoms with Crippen molar-refractivity contribution in [2.24, 2.45) is 11.8 Å². The molecular formula is C19H28N2O3. The lowest BCUT2D eigenvalue weighted by Crippen LogP contribution is -2.36. The van der Waals surface area contributed by atoms with E-state index in [-0.39, 0.29) is 23.7 Å². The predicted molar refractivity (Wildman–Crippen MR) is 94.8 cm³/mol. The molecule has 1 aliphatic rings. The first-order chi connectivity index (χ1) is 11.6. The quantitative estimate of drug-likeness (QED) is 0.755. The zero-order chi connectivity index (χ0) is 17.4. The second-order valence-corrected chi connectivity index (χ2v) is 6.37. The van der Waals surface area contributed by atoms with Crippen LogP contribution in [0.1, 0.15) is 38.2 Å². The predicted octanol–water partition coefficient (Wildman–Crippen LogP) is 2.76. The molecule has 24 heavy (non-hydrogen) atoms. The molecule has 0 heterocycles. The normalized spacial score (nSPS) is 20.4. The zero-order valence-electron chi connectivity index (χ0n) is 14.6. The maximum Gasteiger partial charge on any atom is 0.227 e. The van der Waals surface area contributed by atoms with E-state index in [4.69, 9.17) is 4.74 Å². The number of ether oxygens (including phenoxy) is 1. The number of hydrogen-bond acceptors (Lipinski definition) is 3. The van der Waals surface area contributed by atoms with Crippen molar-refractivity contribution in [1.82, 2.24) is 5.32 Å². The van der Waals surface area contributed by atoms with Crippen LogP contribution in [0.25, 0.3) is 0 Å². The van der Waals surface area contributed by atoms with Gasteiger partial charge >= 0.3 is 0 Å².